The first-order chi connectivity index (χ1) is 10.1. The minimum Gasteiger partial charge on any atom is -0.377 e. The predicted molar refractivity (Wildman–Crippen MR) is 79.4 cm³/mol. The fraction of sp³-hybridized carbons (Fsp3) is 0.769. The van der Waals surface area contributed by atoms with E-state index in [1.54, 1.807) is 6.20 Å². The van der Waals surface area contributed by atoms with Gasteiger partial charge in [0.25, 0.3) is 10.0 Å². The fourth-order valence-electron chi connectivity index (χ4n) is 2.35. The molecule has 8 heteroatoms. The van der Waals surface area contributed by atoms with Crippen LogP contribution in [0.3, 0.4) is 0 Å². The molecule has 1 aliphatic rings. The Morgan fingerprint density at radius 2 is 2.38 bits per heavy atom. The highest BCUT2D eigenvalue weighted by atomic mass is 32.2. The van der Waals surface area contributed by atoms with Crippen LogP contribution in [0.15, 0.2) is 11.2 Å². The second kappa shape index (κ2) is 7.35. The summed E-state index contributed by atoms with van der Waals surface area (Å²) in [6.45, 7) is 6.76. The fourth-order valence-corrected chi connectivity index (χ4v) is 4.01. The van der Waals surface area contributed by atoms with Gasteiger partial charge in [-0.3, -0.25) is 5.10 Å². The Bertz CT molecular complexity index is 543. The Hall–Kier alpha value is -0.960. The van der Waals surface area contributed by atoms with Gasteiger partial charge < -0.3 is 10.1 Å². The maximum absolute atomic E-state index is 12.8. The number of sulfonamides is 1. The van der Waals surface area contributed by atoms with E-state index in [4.69, 9.17) is 4.74 Å². The van der Waals surface area contributed by atoms with Crippen LogP contribution in [0, 0.1) is 0 Å². The largest absolute Gasteiger partial charge is 0.377 e. The van der Waals surface area contributed by atoms with Gasteiger partial charge in [-0.15, -0.1) is 0 Å². The molecule has 0 aliphatic carbocycles. The SMILES string of the molecule is CCCNCc1cn[nH]c1S(=O)(=O)N1CCCOC(C)C1. The first kappa shape index (κ1) is 16.4. The van der Waals surface area contributed by atoms with Crippen LogP contribution in [-0.4, -0.2) is 55.3 Å². The summed E-state index contributed by atoms with van der Waals surface area (Å²) >= 11 is 0. The molecule has 7 nitrogen and oxygen atoms in total. The van der Waals surface area contributed by atoms with Crippen molar-refractivity contribution in [2.45, 2.75) is 44.4 Å². The van der Waals surface area contributed by atoms with Gasteiger partial charge in [0.15, 0.2) is 5.03 Å². The number of H-pyrrole nitrogens is 1. The lowest BCUT2D eigenvalue weighted by Gasteiger charge is -2.21. The molecule has 0 saturated carbocycles. The Morgan fingerprint density at radius 3 is 3.14 bits per heavy atom. The predicted octanol–water partition coefficient (Wildman–Crippen LogP) is 0.709. The van der Waals surface area contributed by atoms with Gasteiger partial charge in [0.05, 0.1) is 12.3 Å². The summed E-state index contributed by atoms with van der Waals surface area (Å²) in [6, 6.07) is 0. The second-order valence-corrected chi connectivity index (χ2v) is 7.17. The highest BCUT2D eigenvalue weighted by Gasteiger charge is 2.30. The van der Waals surface area contributed by atoms with Gasteiger partial charge >= 0.3 is 0 Å². The zero-order valence-corrected chi connectivity index (χ0v) is 13.4. The topological polar surface area (TPSA) is 87.3 Å². The van der Waals surface area contributed by atoms with Crippen LogP contribution < -0.4 is 5.32 Å². The van der Waals surface area contributed by atoms with E-state index in [2.05, 4.69) is 22.4 Å². The van der Waals surface area contributed by atoms with Gasteiger partial charge in [-0.25, -0.2) is 8.42 Å². The molecule has 1 fully saturated rings. The highest BCUT2D eigenvalue weighted by molar-refractivity contribution is 7.89. The molecule has 1 aliphatic heterocycles. The summed E-state index contributed by atoms with van der Waals surface area (Å²) in [5, 5.41) is 9.95. The molecule has 120 valence electrons. The summed E-state index contributed by atoms with van der Waals surface area (Å²) in [5.41, 5.74) is 0.682. The van der Waals surface area contributed by atoms with Gasteiger partial charge in [-0.2, -0.15) is 9.40 Å². The van der Waals surface area contributed by atoms with Gasteiger partial charge in [0.2, 0.25) is 0 Å². The van der Waals surface area contributed by atoms with E-state index in [1.165, 1.54) is 4.31 Å². The molecule has 1 saturated heterocycles. The maximum Gasteiger partial charge on any atom is 0.260 e. The molecule has 1 aromatic rings. The van der Waals surface area contributed by atoms with E-state index in [-0.39, 0.29) is 11.1 Å². The van der Waals surface area contributed by atoms with Crippen LogP contribution in [0.25, 0.3) is 0 Å². The van der Waals surface area contributed by atoms with Gasteiger partial charge in [-0.05, 0) is 26.3 Å². The Kier molecular flexibility index (Phi) is 5.74. The monoisotopic (exact) mass is 316 g/mol. The third kappa shape index (κ3) is 4.03. The number of rotatable bonds is 6. The van der Waals surface area contributed by atoms with E-state index in [0.29, 0.717) is 38.2 Å². The smallest absolute Gasteiger partial charge is 0.260 e. The Labute approximate surface area is 126 Å². The molecule has 0 spiro atoms. The van der Waals surface area contributed by atoms with Crippen molar-refractivity contribution in [1.82, 2.24) is 19.8 Å². The van der Waals surface area contributed by atoms with Crippen molar-refractivity contribution >= 4 is 10.0 Å². The van der Waals surface area contributed by atoms with Crippen LogP contribution in [0.4, 0.5) is 0 Å². The lowest BCUT2D eigenvalue weighted by molar-refractivity contribution is 0.0751. The molecule has 2 N–H and O–H groups in total. The van der Waals surface area contributed by atoms with E-state index >= 15 is 0 Å². The molecule has 2 heterocycles. The zero-order valence-electron chi connectivity index (χ0n) is 12.6. The highest BCUT2D eigenvalue weighted by Crippen LogP contribution is 2.20. The number of aromatic nitrogens is 2. The lowest BCUT2D eigenvalue weighted by atomic mass is 10.3. The average Bonchev–Trinajstić information content (AvgIpc) is 2.81. The van der Waals surface area contributed by atoms with E-state index < -0.39 is 10.0 Å². The number of nitrogens with one attached hydrogen (secondary N) is 2. The standard InChI is InChI=1S/C13H24N4O3S/c1-3-5-14-8-12-9-15-16-13(12)21(18,19)17-6-4-7-20-11(2)10-17/h9,11,14H,3-8,10H2,1-2H3,(H,15,16). The van der Waals surface area contributed by atoms with Gasteiger partial charge in [0.1, 0.15) is 0 Å². The van der Waals surface area contributed by atoms with Crippen molar-refractivity contribution < 1.29 is 13.2 Å². The number of nitrogens with zero attached hydrogens (tertiary/aromatic N) is 2. The van der Waals surface area contributed by atoms with Gasteiger partial charge in [-0.1, -0.05) is 6.92 Å². The maximum atomic E-state index is 12.8. The molecule has 1 aromatic heterocycles. The second-order valence-electron chi connectivity index (χ2n) is 5.30. The average molecular weight is 316 g/mol. The summed E-state index contributed by atoms with van der Waals surface area (Å²) in [7, 11) is -3.55. The molecular formula is C13H24N4O3S. The third-order valence-electron chi connectivity index (χ3n) is 3.43. The molecule has 0 bridgehead atoms. The molecule has 0 amide bonds. The summed E-state index contributed by atoms with van der Waals surface area (Å²) < 4.78 is 32.5. The van der Waals surface area contributed by atoms with E-state index in [0.717, 1.165) is 13.0 Å². The van der Waals surface area contributed by atoms with Crippen LogP contribution in [0.2, 0.25) is 0 Å². The van der Waals surface area contributed by atoms with Crippen molar-refractivity contribution in [1.29, 1.82) is 0 Å². The molecule has 0 aromatic carbocycles. The van der Waals surface area contributed by atoms with E-state index in [1.807, 2.05) is 6.92 Å². The van der Waals surface area contributed by atoms with Crippen molar-refractivity contribution in [3.63, 3.8) is 0 Å². The number of hydrogen-bond acceptors (Lipinski definition) is 5. The van der Waals surface area contributed by atoms with Crippen molar-refractivity contribution in [3.8, 4) is 0 Å². The van der Waals surface area contributed by atoms with Crippen molar-refractivity contribution in [2.75, 3.05) is 26.2 Å². The molecule has 1 atom stereocenters. The van der Waals surface area contributed by atoms with E-state index in [9.17, 15) is 8.42 Å². The first-order valence-corrected chi connectivity index (χ1v) is 8.84. The summed E-state index contributed by atoms with van der Waals surface area (Å²) in [5.74, 6) is 0. The molecule has 0 radical (unpaired) electrons. The summed E-state index contributed by atoms with van der Waals surface area (Å²) in [4.78, 5) is 0. The molecular weight excluding hydrogens is 292 g/mol. The molecule has 21 heavy (non-hydrogen) atoms. The summed E-state index contributed by atoms with van der Waals surface area (Å²) in [6.07, 6.45) is 3.20. The Balaban J connectivity index is 2.16. The quantitative estimate of drug-likeness (QED) is 0.755. The van der Waals surface area contributed by atoms with Gasteiger partial charge in [0, 0.05) is 31.8 Å². The lowest BCUT2D eigenvalue weighted by Crippen LogP contribution is -2.36. The molecule has 1 unspecified atom stereocenters. The van der Waals surface area contributed by atoms with Crippen molar-refractivity contribution in [2.24, 2.45) is 0 Å². The van der Waals surface area contributed by atoms with Crippen molar-refractivity contribution in [3.05, 3.63) is 11.8 Å². The third-order valence-corrected chi connectivity index (χ3v) is 5.31. The molecule has 2 rings (SSSR count). The Morgan fingerprint density at radius 1 is 1.57 bits per heavy atom. The minimum atomic E-state index is -3.55. The number of ether oxygens (including phenoxy) is 1. The van der Waals surface area contributed by atoms with Crippen LogP contribution in [-0.2, 0) is 21.3 Å². The minimum absolute atomic E-state index is 0.0909. The van der Waals surface area contributed by atoms with Crippen LogP contribution in [0.1, 0.15) is 32.3 Å². The van der Waals surface area contributed by atoms with Crippen LogP contribution >= 0.6 is 0 Å². The zero-order chi connectivity index (χ0) is 15.3. The number of aromatic amines is 1. The normalized spacial score (nSPS) is 21.3. The first-order valence-electron chi connectivity index (χ1n) is 7.40. The van der Waals surface area contributed by atoms with Crippen LogP contribution in [0.5, 0.6) is 0 Å². The number of hydrogen-bond donors (Lipinski definition) is 2.